The van der Waals surface area contributed by atoms with Gasteiger partial charge >= 0.3 is 0 Å². The van der Waals surface area contributed by atoms with Crippen LogP contribution in [0.25, 0.3) is 0 Å². The third kappa shape index (κ3) is 4.16. The van der Waals surface area contributed by atoms with Gasteiger partial charge in [0.2, 0.25) is 0 Å². The van der Waals surface area contributed by atoms with Gasteiger partial charge in [-0.1, -0.05) is 0 Å². The van der Waals surface area contributed by atoms with Crippen molar-refractivity contribution in [3.63, 3.8) is 0 Å². The molecule has 0 N–H and O–H groups in total. The van der Waals surface area contributed by atoms with E-state index in [4.69, 9.17) is 14.4 Å². The summed E-state index contributed by atoms with van der Waals surface area (Å²) in [7, 11) is 2.02. The molecule has 0 aliphatic heterocycles. The molecule has 1 heterocycles. The van der Waals surface area contributed by atoms with E-state index in [0.29, 0.717) is 12.2 Å². The van der Waals surface area contributed by atoms with Crippen LogP contribution in [0.5, 0.6) is 5.75 Å². The molecule has 0 saturated carbocycles. The van der Waals surface area contributed by atoms with E-state index < -0.39 is 0 Å². The minimum Gasteiger partial charge on any atom is -0.492 e. The van der Waals surface area contributed by atoms with Crippen LogP contribution in [-0.4, -0.2) is 25.1 Å². The molecule has 0 unspecified atom stereocenters. The Bertz CT molecular complexity index is 526. The number of rotatable bonds is 6. The zero-order valence-electron chi connectivity index (χ0n) is 10.9. The SMILES string of the molecule is CN(CCOc1ccc(C#N)cc1)Cc1ccco1. The van der Waals surface area contributed by atoms with Crippen LogP contribution < -0.4 is 4.74 Å². The number of likely N-dealkylation sites (N-methyl/N-ethyl adjacent to an activating group) is 1. The predicted octanol–water partition coefficient (Wildman–Crippen LogP) is 2.66. The summed E-state index contributed by atoms with van der Waals surface area (Å²) in [6.45, 7) is 2.17. The Hall–Kier alpha value is -2.25. The Morgan fingerprint density at radius 3 is 2.68 bits per heavy atom. The van der Waals surface area contributed by atoms with Crippen LogP contribution in [-0.2, 0) is 6.54 Å². The largest absolute Gasteiger partial charge is 0.492 e. The second kappa shape index (κ2) is 6.62. The normalized spacial score (nSPS) is 10.4. The summed E-state index contributed by atoms with van der Waals surface area (Å²) in [5.41, 5.74) is 0.641. The van der Waals surface area contributed by atoms with Crippen molar-refractivity contribution in [1.82, 2.24) is 4.90 Å². The highest BCUT2D eigenvalue weighted by Gasteiger charge is 2.02. The van der Waals surface area contributed by atoms with Gasteiger partial charge in [0.05, 0.1) is 24.4 Å². The number of nitriles is 1. The number of hydrogen-bond donors (Lipinski definition) is 0. The van der Waals surface area contributed by atoms with E-state index in [1.54, 1.807) is 18.4 Å². The Morgan fingerprint density at radius 2 is 2.05 bits per heavy atom. The summed E-state index contributed by atoms with van der Waals surface area (Å²) in [5.74, 6) is 1.73. The zero-order chi connectivity index (χ0) is 13.5. The lowest BCUT2D eigenvalue weighted by atomic mass is 10.2. The second-order valence-electron chi connectivity index (χ2n) is 4.30. The maximum absolute atomic E-state index is 8.69. The molecule has 2 aromatic rings. The zero-order valence-corrected chi connectivity index (χ0v) is 10.9. The highest BCUT2D eigenvalue weighted by atomic mass is 16.5. The predicted molar refractivity (Wildman–Crippen MR) is 71.7 cm³/mol. The molecular formula is C15H16N2O2. The van der Waals surface area contributed by atoms with E-state index >= 15 is 0 Å². The first kappa shape index (κ1) is 13.2. The molecular weight excluding hydrogens is 240 g/mol. The number of furan rings is 1. The first-order valence-electron chi connectivity index (χ1n) is 6.12. The van der Waals surface area contributed by atoms with Crippen LogP contribution in [0.4, 0.5) is 0 Å². The van der Waals surface area contributed by atoms with Gasteiger partial charge < -0.3 is 9.15 Å². The highest BCUT2D eigenvalue weighted by Crippen LogP contribution is 2.11. The van der Waals surface area contributed by atoms with Crippen LogP contribution in [0, 0.1) is 11.3 Å². The average molecular weight is 256 g/mol. The third-order valence-corrected chi connectivity index (χ3v) is 2.73. The molecule has 4 nitrogen and oxygen atoms in total. The maximum Gasteiger partial charge on any atom is 0.119 e. The molecule has 0 bridgehead atoms. The Morgan fingerprint density at radius 1 is 1.26 bits per heavy atom. The van der Waals surface area contributed by atoms with Crippen molar-refractivity contribution in [2.75, 3.05) is 20.2 Å². The van der Waals surface area contributed by atoms with Gasteiger partial charge in [0.15, 0.2) is 0 Å². The molecule has 0 spiro atoms. The Kier molecular flexibility index (Phi) is 4.60. The molecule has 0 amide bonds. The van der Waals surface area contributed by atoms with E-state index in [1.807, 2.05) is 31.3 Å². The van der Waals surface area contributed by atoms with Gasteiger partial charge in [0, 0.05) is 6.54 Å². The summed E-state index contributed by atoms with van der Waals surface area (Å²) in [4.78, 5) is 2.13. The molecule has 98 valence electrons. The van der Waals surface area contributed by atoms with Gasteiger partial charge in [0.25, 0.3) is 0 Å². The van der Waals surface area contributed by atoms with Gasteiger partial charge in [0.1, 0.15) is 18.1 Å². The molecule has 0 atom stereocenters. The number of hydrogen-bond acceptors (Lipinski definition) is 4. The molecule has 0 radical (unpaired) electrons. The van der Waals surface area contributed by atoms with Crippen LogP contribution in [0.3, 0.4) is 0 Å². The van der Waals surface area contributed by atoms with Gasteiger partial charge in [-0.05, 0) is 43.4 Å². The molecule has 0 saturated heterocycles. The number of nitrogens with zero attached hydrogens (tertiary/aromatic N) is 2. The first-order valence-corrected chi connectivity index (χ1v) is 6.12. The molecule has 4 heteroatoms. The fourth-order valence-electron chi connectivity index (χ4n) is 1.69. The minimum atomic E-state index is 0.600. The van der Waals surface area contributed by atoms with Crippen molar-refractivity contribution in [3.8, 4) is 11.8 Å². The molecule has 1 aromatic heterocycles. The number of benzene rings is 1. The maximum atomic E-state index is 8.69. The lowest BCUT2D eigenvalue weighted by Crippen LogP contribution is -2.23. The Labute approximate surface area is 112 Å². The molecule has 0 aliphatic carbocycles. The lowest BCUT2D eigenvalue weighted by Gasteiger charge is -2.15. The summed E-state index contributed by atoms with van der Waals surface area (Å²) in [6.07, 6.45) is 1.68. The van der Waals surface area contributed by atoms with Crippen LogP contribution in [0.15, 0.2) is 47.1 Å². The quantitative estimate of drug-likeness (QED) is 0.797. The summed E-state index contributed by atoms with van der Waals surface area (Å²) in [6, 6.07) is 13.0. The van der Waals surface area contributed by atoms with Gasteiger partial charge in [-0.25, -0.2) is 0 Å². The van der Waals surface area contributed by atoms with Crippen LogP contribution in [0.2, 0.25) is 0 Å². The molecule has 0 fully saturated rings. The van der Waals surface area contributed by atoms with E-state index in [0.717, 1.165) is 24.6 Å². The topological polar surface area (TPSA) is 49.4 Å². The summed E-state index contributed by atoms with van der Waals surface area (Å²) in [5, 5.41) is 8.69. The van der Waals surface area contributed by atoms with E-state index in [-0.39, 0.29) is 0 Å². The van der Waals surface area contributed by atoms with Crippen LogP contribution >= 0.6 is 0 Å². The third-order valence-electron chi connectivity index (χ3n) is 2.73. The monoisotopic (exact) mass is 256 g/mol. The second-order valence-corrected chi connectivity index (χ2v) is 4.30. The van der Waals surface area contributed by atoms with E-state index in [9.17, 15) is 0 Å². The summed E-state index contributed by atoms with van der Waals surface area (Å²) < 4.78 is 10.9. The van der Waals surface area contributed by atoms with Gasteiger partial charge in [-0.2, -0.15) is 5.26 Å². The fourth-order valence-corrected chi connectivity index (χ4v) is 1.69. The van der Waals surface area contributed by atoms with Crippen molar-refractivity contribution in [2.45, 2.75) is 6.54 Å². The van der Waals surface area contributed by atoms with E-state index in [2.05, 4.69) is 11.0 Å². The van der Waals surface area contributed by atoms with Gasteiger partial charge in [-0.15, -0.1) is 0 Å². The van der Waals surface area contributed by atoms with Crippen molar-refractivity contribution in [1.29, 1.82) is 5.26 Å². The van der Waals surface area contributed by atoms with Crippen molar-refractivity contribution in [3.05, 3.63) is 54.0 Å². The number of ether oxygens (including phenoxy) is 1. The van der Waals surface area contributed by atoms with Crippen molar-refractivity contribution >= 4 is 0 Å². The lowest BCUT2D eigenvalue weighted by molar-refractivity contribution is 0.222. The average Bonchev–Trinajstić information content (AvgIpc) is 2.92. The molecule has 19 heavy (non-hydrogen) atoms. The molecule has 1 aromatic carbocycles. The molecule has 0 aliphatic rings. The Balaban J connectivity index is 1.72. The smallest absolute Gasteiger partial charge is 0.119 e. The van der Waals surface area contributed by atoms with Crippen molar-refractivity contribution < 1.29 is 9.15 Å². The first-order chi connectivity index (χ1) is 9.28. The van der Waals surface area contributed by atoms with E-state index in [1.165, 1.54) is 0 Å². The highest BCUT2D eigenvalue weighted by molar-refractivity contribution is 5.34. The fraction of sp³-hybridized carbons (Fsp3) is 0.267. The minimum absolute atomic E-state index is 0.600. The van der Waals surface area contributed by atoms with Crippen LogP contribution in [0.1, 0.15) is 11.3 Å². The summed E-state index contributed by atoms with van der Waals surface area (Å²) >= 11 is 0. The van der Waals surface area contributed by atoms with Gasteiger partial charge in [-0.3, -0.25) is 4.90 Å². The van der Waals surface area contributed by atoms with Crippen molar-refractivity contribution in [2.24, 2.45) is 0 Å². The standard InChI is InChI=1S/C15H16N2O2/c1-17(12-15-3-2-9-18-15)8-10-19-14-6-4-13(11-16)5-7-14/h2-7,9H,8,10,12H2,1H3. The molecule has 2 rings (SSSR count).